The first-order valence-corrected chi connectivity index (χ1v) is 8.42. The molecule has 0 saturated heterocycles. The molecule has 0 aliphatic heterocycles. The van der Waals surface area contributed by atoms with Crippen molar-refractivity contribution in [3.8, 4) is 0 Å². The van der Waals surface area contributed by atoms with Crippen molar-refractivity contribution in [1.82, 2.24) is 5.06 Å². The van der Waals surface area contributed by atoms with Crippen molar-refractivity contribution in [2.24, 2.45) is 0 Å². The van der Waals surface area contributed by atoms with Crippen molar-refractivity contribution in [3.63, 3.8) is 0 Å². The Bertz CT molecular complexity index is 230. The van der Waals surface area contributed by atoms with Crippen LogP contribution in [0.3, 0.4) is 0 Å². The van der Waals surface area contributed by atoms with Gasteiger partial charge in [-0.2, -0.15) is 0 Å². The molecule has 0 aromatic heterocycles. The van der Waals surface area contributed by atoms with E-state index >= 15 is 0 Å². The average molecular weight is 303 g/mol. The van der Waals surface area contributed by atoms with Gasteiger partial charge in [0.25, 0.3) is 0 Å². The van der Waals surface area contributed by atoms with Gasteiger partial charge in [0.2, 0.25) is 0 Å². The number of aliphatic hydroxyl groups excluding tert-OH is 2. The molecule has 0 unspecified atom stereocenters. The van der Waals surface area contributed by atoms with E-state index in [-0.39, 0.29) is 32.3 Å². The first-order valence-electron chi connectivity index (χ1n) is 8.42. The molecule has 0 aliphatic rings. The molecule has 0 rings (SSSR count). The first-order chi connectivity index (χ1) is 10.2. The van der Waals surface area contributed by atoms with Crippen molar-refractivity contribution >= 4 is 5.97 Å². The minimum atomic E-state index is -0.278. The number of nitrogens with zero attached hydrogens (tertiary/aromatic N) is 1. The van der Waals surface area contributed by atoms with E-state index in [0.717, 1.165) is 12.8 Å². The van der Waals surface area contributed by atoms with Crippen LogP contribution in [0.5, 0.6) is 0 Å². The number of hydroxylamine groups is 2. The second-order valence-corrected chi connectivity index (χ2v) is 5.42. The molecule has 0 atom stereocenters. The Morgan fingerprint density at radius 3 is 1.81 bits per heavy atom. The first kappa shape index (κ1) is 20.3. The summed E-state index contributed by atoms with van der Waals surface area (Å²) in [5, 5.41) is 18.9. The summed E-state index contributed by atoms with van der Waals surface area (Å²) in [5.41, 5.74) is 0. The van der Waals surface area contributed by atoms with Crippen LogP contribution in [-0.4, -0.2) is 47.5 Å². The van der Waals surface area contributed by atoms with Crippen LogP contribution in [0.2, 0.25) is 0 Å². The minimum absolute atomic E-state index is 0.0920. The van der Waals surface area contributed by atoms with E-state index in [0.29, 0.717) is 6.42 Å². The molecule has 0 spiro atoms. The molecule has 0 aliphatic carbocycles. The zero-order chi connectivity index (χ0) is 15.8. The fourth-order valence-electron chi connectivity index (χ4n) is 2.20. The summed E-state index contributed by atoms with van der Waals surface area (Å²) in [5.74, 6) is -0.278. The summed E-state index contributed by atoms with van der Waals surface area (Å²) >= 11 is 0. The van der Waals surface area contributed by atoms with Gasteiger partial charge in [-0.25, -0.2) is 0 Å². The number of carbonyl (C=O) groups is 1. The highest BCUT2D eigenvalue weighted by atomic mass is 16.7. The van der Waals surface area contributed by atoms with Gasteiger partial charge >= 0.3 is 5.97 Å². The zero-order valence-electron chi connectivity index (χ0n) is 13.6. The van der Waals surface area contributed by atoms with Gasteiger partial charge in [-0.05, 0) is 6.42 Å². The zero-order valence-corrected chi connectivity index (χ0v) is 13.6. The molecule has 0 aromatic carbocycles. The standard InChI is InChI=1S/C16H33NO4/c1-2-3-4-5-6-7-8-9-10-11-16(20)21-17(12-14-18)13-15-19/h18-19H,2-15H2,1H3. The molecule has 126 valence electrons. The SMILES string of the molecule is CCCCCCCCCCCC(=O)ON(CCO)CCO. The maximum Gasteiger partial charge on any atom is 0.325 e. The van der Waals surface area contributed by atoms with Gasteiger partial charge in [0.15, 0.2) is 0 Å². The molecule has 0 fully saturated rings. The van der Waals surface area contributed by atoms with E-state index in [1.54, 1.807) is 0 Å². The van der Waals surface area contributed by atoms with E-state index < -0.39 is 0 Å². The maximum absolute atomic E-state index is 11.6. The van der Waals surface area contributed by atoms with Crippen LogP contribution in [-0.2, 0) is 9.63 Å². The lowest BCUT2D eigenvalue weighted by Gasteiger charge is -2.18. The number of carbonyl (C=O) groups excluding carboxylic acids is 1. The van der Waals surface area contributed by atoms with E-state index in [2.05, 4.69) is 6.92 Å². The van der Waals surface area contributed by atoms with Crippen LogP contribution in [0.4, 0.5) is 0 Å². The van der Waals surface area contributed by atoms with E-state index in [1.165, 1.54) is 50.0 Å². The molecule has 0 radical (unpaired) electrons. The van der Waals surface area contributed by atoms with Gasteiger partial charge in [0.1, 0.15) is 0 Å². The maximum atomic E-state index is 11.6. The Balaban J connectivity index is 3.43. The molecule has 21 heavy (non-hydrogen) atoms. The molecule has 0 aromatic rings. The van der Waals surface area contributed by atoms with Crippen LogP contribution in [0.25, 0.3) is 0 Å². The Kier molecular flexibility index (Phi) is 15.2. The fourth-order valence-corrected chi connectivity index (χ4v) is 2.20. The van der Waals surface area contributed by atoms with Crippen molar-refractivity contribution in [2.75, 3.05) is 26.3 Å². The molecule has 0 bridgehead atoms. The topological polar surface area (TPSA) is 70.0 Å². The largest absolute Gasteiger partial charge is 0.395 e. The third kappa shape index (κ3) is 14.1. The number of aliphatic hydroxyl groups is 2. The van der Waals surface area contributed by atoms with Gasteiger partial charge < -0.3 is 15.1 Å². The highest BCUT2D eigenvalue weighted by Gasteiger charge is 2.10. The fraction of sp³-hybridized carbons (Fsp3) is 0.938. The predicted octanol–water partition coefficient (Wildman–Crippen LogP) is 2.65. The monoisotopic (exact) mass is 303 g/mol. The van der Waals surface area contributed by atoms with Crippen LogP contribution >= 0.6 is 0 Å². The molecule has 0 heterocycles. The normalized spacial score (nSPS) is 11.0. The quantitative estimate of drug-likeness (QED) is 0.359. The smallest absolute Gasteiger partial charge is 0.325 e. The van der Waals surface area contributed by atoms with E-state index in [4.69, 9.17) is 15.1 Å². The number of hydrogen-bond donors (Lipinski definition) is 2. The molecular formula is C16H33NO4. The van der Waals surface area contributed by atoms with Crippen LogP contribution in [0.15, 0.2) is 0 Å². The Morgan fingerprint density at radius 2 is 1.33 bits per heavy atom. The molecule has 5 heteroatoms. The van der Waals surface area contributed by atoms with Crippen LogP contribution in [0, 0.1) is 0 Å². The number of unbranched alkanes of at least 4 members (excludes halogenated alkanes) is 8. The summed E-state index contributed by atoms with van der Waals surface area (Å²) in [6.07, 6.45) is 11.3. The third-order valence-corrected chi connectivity index (χ3v) is 3.41. The summed E-state index contributed by atoms with van der Waals surface area (Å²) in [6, 6.07) is 0. The molecule has 0 saturated carbocycles. The van der Waals surface area contributed by atoms with Gasteiger partial charge in [0.05, 0.1) is 26.3 Å². The molecule has 0 amide bonds. The predicted molar refractivity (Wildman–Crippen MR) is 83.7 cm³/mol. The van der Waals surface area contributed by atoms with Gasteiger partial charge in [-0.15, -0.1) is 5.06 Å². The average Bonchev–Trinajstić information content (AvgIpc) is 2.46. The Morgan fingerprint density at radius 1 is 0.857 bits per heavy atom. The second kappa shape index (κ2) is 15.7. The number of hydrogen-bond acceptors (Lipinski definition) is 5. The van der Waals surface area contributed by atoms with Gasteiger partial charge in [-0.1, -0.05) is 58.3 Å². The highest BCUT2D eigenvalue weighted by Crippen LogP contribution is 2.11. The molecule has 2 N–H and O–H groups in total. The van der Waals surface area contributed by atoms with Crippen molar-refractivity contribution in [3.05, 3.63) is 0 Å². The second-order valence-electron chi connectivity index (χ2n) is 5.42. The van der Waals surface area contributed by atoms with Crippen LogP contribution in [0.1, 0.15) is 71.1 Å². The van der Waals surface area contributed by atoms with Crippen molar-refractivity contribution < 1.29 is 19.8 Å². The lowest BCUT2D eigenvalue weighted by molar-refractivity contribution is -0.194. The lowest BCUT2D eigenvalue weighted by atomic mass is 10.1. The Labute approximate surface area is 129 Å². The van der Waals surface area contributed by atoms with Crippen molar-refractivity contribution in [2.45, 2.75) is 71.1 Å². The summed E-state index contributed by atoms with van der Waals surface area (Å²) in [7, 11) is 0. The van der Waals surface area contributed by atoms with Crippen LogP contribution < -0.4 is 0 Å². The highest BCUT2D eigenvalue weighted by molar-refractivity contribution is 5.68. The van der Waals surface area contributed by atoms with Gasteiger partial charge in [0, 0.05) is 6.42 Å². The van der Waals surface area contributed by atoms with E-state index in [1.807, 2.05) is 0 Å². The minimum Gasteiger partial charge on any atom is -0.395 e. The number of rotatable bonds is 15. The Hall–Kier alpha value is -0.650. The molecule has 5 nitrogen and oxygen atoms in total. The third-order valence-electron chi connectivity index (χ3n) is 3.41. The summed E-state index contributed by atoms with van der Waals surface area (Å²) < 4.78 is 0. The lowest BCUT2D eigenvalue weighted by Crippen LogP contribution is -2.32. The summed E-state index contributed by atoms with van der Waals surface area (Å²) in [6.45, 7) is 2.52. The van der Waals surface area contributed by atoms with Gasteiger partial charge in [-0.3, -0.25) is 4.79 Å². The summed E-state index contributed by atoms with van der Waals surface area (Å²) in [4.78, 5) is 16.7. The van der Waals surface area contributed by atoms with Crippen molar-refractivity contribution in [1.29, 1.82) is 0 Å². The van der Waals surface area contributed by atoms with E-state index in [9.17, 15) is 4.79 Å². The molecular weight excluding hydrogens is 270 g/mol.